The highest BCUT2D eigenvalue weighted by atomic mass is 14.5. The van der Waals surface area contributed by atoms with Crippen LogP contribution in [0.1, 0.15) is 181 Å². The summed E-state index contributed by atoms with van der Waals surface area (Å²) in [5, 5.41) is 0. The fourth-order valence-electron chi connectivity index (χ4n) is 7.30. The Kier molecular flexibility index (Phi) is 23.8. The third-order valence-electron chi connectivity index (χ3n) is 9.51. The van der Waals surface area contributed by atoms with Crippen LogP contribution < -0.4 is 11.5 Å². The van der Waals surface area contributed by atoms with Gasteiger partial charge in [-0.05, 0) is 75.3 Å². The molecule has 0 heterocycles. The van der Waals surface area contributed by atoms with Crippen molar-refractivity contribution in [2.24, 2.45) is 35.1 Å². The van der Waals surface area contributed by atoms with Gasteiger partial charge < -0.3 is 11.5 Å². The summed E-state index contributed by atoms with van der Waals surface area (Å²) >= 11 is 0. The molecule has 2 nitrogen and oxygen atoms in total. The highest BCUT2D eigenvalue weighted by Gasteiger charge is 2.37. The molecule has 36 heavy (non-hydrogen) atoms. The molecular weight excluding hydrogens is 436 g/mol. The number of rotatable bonds is 26. The lowest BCUT2D eigenvalue weighted by molar-refractivity contribution is 0.0581. The number of hydrogen-bond donors (Lipinski definition) is 2. The van der Waals surface area contributed by atoms with E-state index in [1.807, 2.05) is 0 Å². The first-order valence-electron chi connectivity index (χ1n) is 17.2. The smallest absolute Gasteiger partial charge is 0.00773 e. The van der Waals surface area contributed by atoms with Crippen molar-refractivity contribution >= 4 is 0 Å². The van der Waals surface area contributed by atoms with E-state index >= 15 is 0 Å². The maximum absolute atomic E-state index is 5.75. The van der Waals surface area contributed by atoms with Crippen molar-refractivity contribution in [1.82, 2.24) is 0 Å². The fourth-order valence-corrected chi connectivity index (χ4v) is 7.30. The van der Waals surface area contributed by atoms with Crippen molar-refractivity contribution < 1.29 is 0 Å². The zero-order valence-electron chi connectivity index (χ0n) is 25.3. The molecule has 1 rings (SSSR count). The minimum absolute atomic E-state index is 0.870. The van der Waals surface area contributed by atoms with E-state index < -0.39 is 0 Å². The van der Waals surface area contributed by atoms with Gasteiger partial charge in [-0.3, -0.25) is 0 Å². The predicted molar refractivity (Wildman–Crippen MR) is 163 cm³/mol. The molecular formula is C34H70N2. The Morgan fingerprint density at radius 2 is 0.694 bits per heavy atom. The molecule has 1 fully saturated rings. The zero-order chi connectivity index (χ0) is 26.1. The van der Waals surface area contributed by atoms with Gasteiger partial charge in [0.2, 0.25) is 0 Å². The molecule has 4 unspecified atom stereocenters. The summed E-state index contributed by atoms with van der Waals surface area (Å²) in [6.07, 6.45) is 37.4. The summed E-state index contributed by atoms with van der Waals surface area (Å²) in [6, 6.07) is 0. The van der Waals surface area contributed by atoms with Gasteiger partial charge in [0.05, 0.1) is 0 Å². The molecule has 0 amide bonds. The molecule has 0 aromatic heterocycles. The fraction of sp³-hybridized carbons (Fsp3) is 1.00. The summed E-state index contributed by atoms with van der Waals surface area (Å²) in [6.45, 7) is 6.43. The van der Waals surface area contributed by atoms with Gasteiger partial charge >= 0.3 is 0 Å². The van der Waals surface area contributed by atoms with Crippen LogP contribution in [-0.4, -0.2) is 13.1 Å². The SMILES string of the molecule is CCCCCCCCC1C(CCCCCC)CCC(CCCCCCN)C1CCCCCCCCN. The second kappa shape index (κ2) is 25.2. The van der Waals surface area contributed by atoms with E-state index in [9.17, 15) is 0 Å². The van der Waals surface area contributed by atoms with Gasteiger partial charge in [-0.25, -0.2) is 0 Å². The lowest BCUT2D eigenvalue weighted by Gasteiger charge is -2.44. The van der Waals surface area contributed by atoms with Crippen LogP contribution in [0.25, 0.3) is 0 Å². The Morgan fingerprint density at radius 3 is 1.08 bits per heavy atom. The lowest BCUT2D eigenvalue weighted by Crippen LogP contribution is -2.35. The highest BCUT2D eigenvalue weighted by Crippen LogP contribution is 2.47. The van der Waals surface area contributed by atoms with E-state index in [1.54, 1.807) is 0 Å². The Hall–Kier alpha value is -0.0800. The average molecular weight is 507 g/mol. The van der Waals surface area contributed by atoms with Gasteiger partial charge in [-0.1, -0.05) is 142 Å². The Morgan fingerprint density at radius 1 is 0.389 bits per heavy atom. The quantitative estimate of drug-likeness (QED) is 0.115. The standard InChI is InChI=1S/C34H70N2/c1-3-5-7-9-12-19-25-33-31(23-17-8-6-4-2)27-28-32(24-18-14-16-22-30-36)34(33)26-20-13-10-11-15-21-29-35/h31-34H,3-30,35-36H2,1-2H3. The molecule has 0 spiro atoms. The van der Waals surface area contributed by atoms with Crippen molar-refractivity contribution in [2.45, 2.75) is 181 Å². The molecule has 0 saturated heterocycles. The highest BCUT2D eigenvalue weighted by molar-refractivity contribution is 4.88. The maximum Gasteiger partial charge on any atom is -0.00773 e. The second-order valence-electron chi connectivity index (χ2n) is 12.5. The third kappa shape index (κ3) is 16.7. The van der Waals surface area contributed by atoms with Crippen LogP contribution in [0.4, 0.5) is 0 Å². The monoisotopic (exact) mass is 507 g/mol. The van der Waals surface area contributed by atoms with Crippen LogP contribution in [-0.2, 0) is 0 Å². The first-order chi connectivity index (χ1) is 17.8. The van der Waals surface area contributed by atoms with Gasteiger partial charge in [0.15, 0.2) is 0 Å². The Balaban J connectivity index is 2.71. The zero-order valence-corrected chi connectivity index (χ0v) is 25.3. The second-order valence-corrected chi connectivity index (χ2v) is 12.5. The molecule has 0 radical (unpaired) electrons. The van der Waals surface area contributed by atoms with E-state index in [0.717, 1.165) is 36.8 Å². The van der Waals surface area contributed by atoms with Crippen LogP contribution in [0.2, 0.25) is 0 Å². The summed E-state index contributed by atoms with van der Waals surface area (Å²) in [5.41, 5.74) is 11.4. The summed E-state index contributed by atoms with van der Waals surface area (Å²) in [7, 11) is 0. The van der Waals surface area contributed by atoms with Crippen LogP contribution in [0.15, 0.2) is 0 Å². The van der Waals surface area contributed by atoms with Gasteiger partial charge in [0, 0.05) is 0 Å². The molecule has 2 heteroatoms. The molecule has 0 aliphatic heterocycles. The van der Waals surface area contributed by atoms with Crippen LogP contribution in [0.3, 0.4) is 0 Å². The van der Waals surface area contributed by atoms with Crippen LogP contribution in [0.5, 0.6) is 0 Å². The molecule has 1 saturated carbocycles. The van der Waals surface area contributed by atoms with E-state index in [2.05, 4.69) is 13.8 Å². The normalized spacial score (nSPS) is 22.3. The van der Waals surface area contributed by atoms with Crippen molar-refractivity contribution in [3.63, 3.8) is 0 Å². The third-order valence-corrected chi connectivity index (χ3v) is 9.51. The van der Waals surface area contributed by atoms with Crippen molar-refractivity contribution in [2.75, 3.05) is 13.1 Å². The van der Waals surface area contributed by atoms with Gasteiger partial charge in [0.25, 0.3) is 0 Å². The summed E-state index contributed by atoms with van der Waals surface area (Å²) in [5.74, 6) is 4.08. The Labute approximate surface area is 228 Å². The summed E-state index contributed by atoms with van der Waals surface area (Å²) in [4.78, 5) is 0. The number of unbranched alkanes of at least 4 members (excludes halogenated alkanes) is 16. The predicted octanol–water partition coefficient (Wildman–Crippen LogP) is 10.6. The van der Waals surface area contributed by atoms with Gasteiger partial charge in [-0.2, -0.15) is 0 Å². The molecule has 0 bridgehead atoms. The minimum atomic E-state index is 0.870. The van der Waals surface area contributed by atoms with Gasteiger partial charge in [-0.15, -0.1) is 0 Å². The molecule has 1 aliphatic rings. The average Bonchev–Trinajstić information content (AvgIpc) is 2.89. The van der Waals surface area contributed by atoms with Crippen molar-refractivity contribution in [1.29, 1.82) is 0 Å². The van der Waals surface area contributed by atoms with E-state index in [0.29, 0.717) is 0 Å². The lowest BCUT2D eigenvalue weighted by atomic mass is 9.61. The molecule has 1 aliphatic carbocycles. The van der Waals surface area contributed by atoms with Crippen LogP contribution in [0, 0.1) is 23.7 Å². The van der Waals surface area contributed by atoms with E-state index in [1.165, 1.54) is 167 Å². The molecule has 0 aromatic rings. The first-order valence-corrected chi connectivity index (χ1v) is 17.2. The van der Waals surface area contributed by atoms with E-state index in [-0.39, 0.29) is 0 Å². The topological polar surface area (TPSA) is 52.0 Å². The largest absolute Gasteiger partial charge is 0.330 e. The Bertz CT molecular complexity index is 437. The maximum atomic E-state index is 5.75. The van der Waals surface area contributed by atoms with Crippen LogP contribution >= 0.6 is 0 Å². The molecule has 4 N–H and O–H groups in total. The van der Waals surface area contributed by atoms with Gasteiger partial charge in [0.1, 0.15) is 0 Å². The van der Waals surface area contributed by atoms with E-state index in [4.69, 9.17) is 11.5 Å². The molecule has 0 aromatic carbocycles. The minimum Gasteiger partial charge on any atom is -0.330 e. The molecule has 4 atom stereocenters. The number of nitrogens with two attached hydrogens (primary N) is 2. The van der Waals surface area contributed by atoms with Crippen molar-refractivity contribution in [3.8, 4) is 0 Å². The molecule has 216 valence electrons. The summed E-state index contributed by atoms with van der Waals surface area (Å²) < 4.78 is 0. The first kappa shape index (κ1) is 33.9. The van der Waals surface area contributed by atoms with Crippen molar-refractivity contribution in [3.05, 3.63) is 0 Å². The number of hydrogen-bond acceptors (Lipinski definition) is 2.